The number of halogens is 1. The molecule has 84 valence electrons. The molecule has 0 radical (unpaired) electrons. The first kappa shape index (κ1) is 11.9. The molecule has 0 aromatic heterocycles. The fourth-order valence-corrected chi connectivity index (χ4v) is 1.22. The molecule has 0 saturated heterocycles. The molecular weight excluding hydrogens is 218 g/mol. The van der Waals surface area contributed by atoms with Gasteiger partial charge in [-0.25, -0.2) is 0 Å². The Morgan fingerprint density at radius 3 is 2.87 bits per heavy atom. The second-order valence-electron chi connectivity index (χ2n) is 3.05. The van der Waals surface area contributed by atoms with Crippen LogP contribution in [0, 0.1) is 0 Å². The summed E-state index contributed by atoms with van der Waals surface area (Å²) in [5.41, 5.74) is 0.513. The molecule has 0 aliphatic carbocycles. The van der Waals surface area contributed by atoms with Gasteiger partial charge in [-0.2, -0.15) is 0 Å². The third kappa shape index (κ3) is 3.18. The predicted octanol–water partition coefficient (Wildman–Crippen LogP) is 1.41. The topological polar surface area (TPSA) is 61.7 Å². The monoisotopic (exact) mass is 231 g/mol. The van der Waals surface area contributed by atoms with Gasteiger partial charge in [-0.3, -0.25) is 0 Å². The average molecular weight is 232 g/mol. The lowest BCUT2D eigenvalue weighted by Crippen LogP contribution is -2.20. The summed E-state index contributed by atoms with van der Waals surface area (Å²) in [7, 11) is 1.48. The fourth-order valence-electron chi connectivity index (χ4n) is 1.11. The van der Waals surface area contributed by atoms with E-state index >= 15 is 0 Å². The number of phenolic OH excluding ortho intramolecular Hbond substituents is 1. The summed E-state index contributed by atoms with van der Waals surface area (Å²) in [5, 5.41) is 21.8. The number of ether oxygens (including phenoxy) is 1. The zero-order valence-electron chi connectivity index (χ0n) is 8.40. The summed E-state index contributed by atoms with van der Waals surface area (Å²) in [6.07, 6.45) is -0.641. The van der Waals surface area contributed by atoms with Crippen LogP contribution in [0.15, 0.2) is 18.2 Å². The van der Waals surface area contributed by atoms with Crippen LogP contribution < -0.4 is 10.1 Å². The highest BCUT2D eigenvalue weighted by molar-refractivity contribution is 6.18. The van der Waals surface area contributed by atoms with Gasteiger partial charge in [-0.05, 0) is 12.1 Å². The van der Waals surface area contributed by atoms with Gasteiger partial charge < -0.3 is 20.3 Å². The number of benzene rings is 1. The number of methoxy groups -OCH3 is 1. The van der Waals surface area contributed by atoms with Crippen LogP contribution in [0.25, 0.3) is 0 Å². The van der Waals surface area contributed by atoms with Crippen molar-refractivity contribution < 1.29 is 14.9 Å². The molecule has 5 heteroatoms. The van der Waals surface area contributed by atoms with E-state index in [-0.39, 0.29) is 18.2 Å². The van der Waals surface area contributed by atoms with Crippen molar-refractivity contribution in [2.75, 3.05) is 24.9 Å². The summed E-state index contributed by atoms with van der Waals surface area (Å²) >= 11 is 5.44. The molecule has 15 heavy (non-hydrogen) atoms. The molecule has 0 amide bonds. The van der Waals surface area contributed by atoms with Crippen LogP contribution in [0.4, 0.5) is 5.69 Å². The highest BCUT2D eigenvalue weighted by Gasteiger charge is 2.08. The number of hydrogen-bond donors (Lipinski definition) is 3. The van der Waals surface area contributed by atoms with Crippen molar-refractivity contribution in [3.8, 4) is 11.5 Å². The van der Waals surface area contributed by atoms with Gasteiger partial charge in [0.15, 0.2) is 11.5 Å². The molecule has 0 heterocycles. The molecule has 0 spiro atoms. The van der Waals surface area contributed by atoms with E-state index in [0.29, 0.717) is 11.4 Å². The van der Waals surface area contributed by atoms with E-state index in [1.165, 1.54) is 7.11 Å². The molecule has 1 aromatic carbocycles. The Bertz CT molecular complexity index is 320. The zero-order valence-corrected chi connectivity index (χ0v) is 9.16. The van der Waals surface area contributed by atoms with Crippen LogP contribution in [0.2, 0.25) is 0 Å². The first-order valence-electron chi connectivity index (χ1n) is 4.53. The molecule has 0 aliphatic rings. The molecule has 0 fully saturated rings. The third-order valence-corrected chi connectivity index (χ3v) is 2.28. The number of anilines is 1. The summed E-state index contributed by atoms with van der Waals surface area (Å²) < 4.78 is 4.94. The summed E-state index contributed by atoms with van der Waals surface area (Å²) in [4.78, 5) is 0. The first-order valence-corrected chi connectivity index (χ1v) is 5.06. The molecule has 1 aromatic rings. The van der Waals surface area contributed by atoms with Crippen molar-refractivity contribution in [1.29, 1.82) is 0 Å². The molecular formula is C10H14ClNO3. The van der Waals surface area contributed by atoms with Gasteiger partial charge >= 0.3 is 0 Å². The number of alkyl halides is 1. The van der Waals surface area contributed by atoms with Gasteiger partial charge in [0.25, 0.3) is 0 Å². The number of phenols is 1. The van der Waals surface area contributed by atoms with E-state index in [1.807, 2.05) is 0 Å². The lowest BCUT2D eigenvalue weighted by Gasteiger charge is -2.12. The maximum Gasteiger partial charge on any atom is 0.181 e. The molecule has 0 saturated carbocycles. The minimum Gasteiger partial charge on any atom is -0.503 e. The number of para-hydroxylation sites is 1. The molecule has 0 aliphatic heterocycles. The van der Waals surface area contributed by atoms with Crippen molar-refractivity contribution >= 4 is 17.3 Å². The Kier molecular flexibility index (Phi) is 4.52. The van der Waals surface area contributed by atoms with Crippen LogP contribution >= 0.6 is 11.6 Å². The van der Waals surface area contributed by atoms with Crippen LogP contribution in [0.1, 0.15) is 0 Å². The van der Waals surface area contributed by atoms with E-state index in [4.69, 9.17) is 16.3 Å². The van der Waals surface area contributed by atoms with Gasteiger partial charge in [-0.1, -0.05) is 6.07 Å². The third-order valence-electron chi connectivity index (χ3n) is 1.93. The van der Waals surface area contributed by atoms with Crippen LogP contribution in [0.3, 0.4) is 0 Å². The van der Waals surface area contributed by atoms with Gasteiger partial charge in [-0.15, -0.1) is 11.6 Å². The molecule has 1 atom stereocenters. The van der Waals surface area contributed by atoms with E-state index < -0.39 is 6.10 Å². The van der Waals surface area contributed by atoms with Crippen molar-refractivity contribution in [2.45, 2.75) is 6.10 Å². The Labute approximate surface area is 93.4 Å². The van der Waals surface area contributed by atoms with Gasteiger partial charge in [0.2, 0.25) is 0 Å². The molecule has 4 nitrogen and oxygen atoms in total. The van der Waals surface area contributed by atoms with Crippen LogP contribution in [0.5, 0.6) is 11.5 Å². The smallest absolute Gasteiger partial charge is 0.181 e. The number of nitrogens with one attached hydrogen (secondary N) is 1. The quantitative estimate of drug-likeness (QED) is 0.530. The molecule has 0 bridgehead atoms. The van der Waals surface area contributed by atoms with Gasteiger partial charge in [0.05, 0.1) is 24.8 Å². The fraction of sp³-hybridized carbons (Fsp3) is 0.400. The van der Waals surface area contributed by atoms with E-state index in [0.717, 1.165) is 0 Å². The summed E-state index contributed by atoms with van der Waals surface area (Å²) in [5.74, 6) is 0.569. The largest absolute Gasteiger partial charge is 0.503 e. The van der Waals surface area contributed by atoms with Gasteiger partial charge in [0, 0.05) is 6.54 Å². The lowest BCUT2D eigenvalue weighted by molar-refractivity contribution is 0.211. The van der Waals surface area contributed by atoms with E-state index in [1.54, 1.807) is 18.2 Å². The van der Waals surface area contributed by atoms with E-state index in [9.17, 15) is 10.2 Å². The van der Waals surface area contributed by atoms with Crippen molar-refractivity contribution in [3.05, 3.63) is 18.2 Å². The number of rotatable bonds is 5. The standard InChI is InChI=1S/C10H14ClNO3/c1-15-9-4-2-3-8(10(9)14)12-6-7(13)5-11/h2-4,7,12-14H,5-6H2,1H3. The van der Waals surface area contributed by atoms with Gasteiger partial charge in [0.1, 0.15) is 0 Å². The predicted molar refractivity (Wildman–Crippen MR) is 59.9 cm³/mol. The van der Waals surface area contributed by atoms with Crippen molar-refractivity contribution in [2.24, 2.45) is 0 Å². The highest BCUT2D eigenvalue weighted by atomic mass is 35.5. The van der Waals surface area contributed by atoms with Crippen LogP contribution in [-0.2, 0) is 0 Å². The second-order valence-corrected chi connectivity index (χ2v) is 3.35. The molecule has 3 N–H and O–H groups in total. The average Bonchev–Trinajstić information content (AvgIpc) is 2.27. The lowest BCUT2D eigenvalue weighted by atomic mass is 10.2. The minimum absolute atomic E-state index is 0.0294. The maximum absolute atomic E-state index is 9.67. The SMILES string of the molecule is COc1cccc(NCC(O)CCl)c1O. The highest BCUT2D eigenvalue weighted by Crippen LogP contribution is 2.33. The van der Waals surface area contributed by atoms with E-state index in [2.05, 4.69) is 5.32 Å². The normalized spacial score (nSPS) is 12.2. The van der Waals surface area contributed by atoms with Crippen LogP contribution in [-0.4, -0.2) is 35.9 Å². The maximum atomic E-state index is 9.67. The second kappa shape index (κ2) is 5.68. The number of aromatic hydroxyl groups is 1. The molecule has 1 unspecified atom stereocenters. The summed E-state index contributed by atoms with van der Waals surface area (Å²) in [6.45, 7) is 0.282. The number of aliphatic hydroxyl groups excluding tert-OH is 1. The van der Waals surface area contributed by atoms with Crippen molar-refractivity contribution in [1.82, 2.24) is 0 Å². The Morgan fingerprint density at radius 1 is 1.53 bits per heavy atom. The number of aliphatic hydroxyl groups is 1. The Morgan fingerprint density at radius 2 is 2.27 bits per heavy atom. The Balaban J connectivity index is 2.68. The summed E-state index contributed by atoms with van der Waals surface area (Å²) in [6, 6.07) is 5.09. The Hall–Kier alpha value is -1.13. The molecule has 1 rings (SSSR count). The number of hydrogen-bond acceptors (Lipinski definition) is 4. The first-order chi connectivity index (χ1) is 7.19. The van der Waals surface area contributed by atoms with Crippen molar-refractivity contribution in [3.63, 3.8) is 0 Å². The minimum atomic E-state index is -0.641. The zero-order chi connectivity index (χ0) is 11.3.